The number of hydrogen-bond acceptors (Lipinski definition) is 5. The van der Waals surface area contributed by atoms with E-state index in [1.54, 1.807) is 16.7 Å². The summed E-state index contributed by atoms with van der Waals surface area (Å²) in [6, 6.07) is 9.55. The Hall–Kier alpha value is -1.99. The Labute approximate surface area is 143 Å². The number of aryl methyl sites for hydroxylation is 1. The number of anilines is 1. The first kappa shape index (κ1) is 16.9. The second-order valence-corrected chi connectivity index (χ2v) is 8.07. The second-order valence-electron chi connectivity index (χ2n) is 6.11. The van der Waals surface area contributed by atoms with E-state index in [4.69, 9.17) is 0 Å². The molecule has 0 unspecified atom stereocenters. The third-order valence-electron chi connectivity index (χ3n) is 4.15. The van der Waals surface area contributed by atoms with Crippen LogP contribution in [0.3, 0.4) is 0 Å². The Kier molecular flexibility index (Phi) is 5.11. The van der Waals surface area contributed by atoms with Crippen molar-refractivity contribution in [2.75, 3.05) is 18.4 Å². The average molecular weight is 346 g/mol. The maximum atomic E-state index is 12.5. The highest BCUT2D eigenvalue weighted by atomic mass is 32.2. The van der Waals surface area contributed by atoms with Crippen molar-refractivity contribution < 1.29 is 8.42 Å². The lowest BCUT2D eigenvalue weighted by atomic mass is 10.1. The van der Waals surface area contributed by atoms with Gasteiger partial charge in [-0.05, 0) is 25.3 Å². The van der Waals surface area contributed by atoms with Crippen LogP contribution in [0.4, 0.5) is 5.82 Å². The molecule has 7 heteroatoms. The molecule has 1 aliphatic rings. The molecule has 2 heterocycles. The largest absolute Gasteiger partial charge is 0.366 e. The SMILES string of the molecule is Cc1cncc(NC2CCN(S(=O)(=O)Cc3ccccc3)CC2)n1. The first-order chi connectivity index (χ1) is 11.5. The number of rotatable bonds is 5. The number of piperidine rings is 1. The summed E-state index contributed by atoms with van der Waals surface area (Å²) in [6.07, 6.45) is 4.95. The number of nitrogens with zero attached hydrogens (tertiary/aromatic N) is 3. The van der Waals surface area contributed by atoms with E-state index >= 15 is 0 Å². The minimum absolute atomic E-state index is 0.0648. The van der Waals surface area contributed by atoms with E-state index in [2.05, 4.69) is 15.3 Å². The van der Waals surface area contributed by atoms with E-state index < -0.39 is 10.0 Å². The van der Waals surface area contributed by atoms with Crippen LogP contribution >= 0.6 is 0 Å². The molecule has 0 bridgehead atoms. The Balaban J connectivity index is 1.56. The summed E-state index contributed by atoms with van der Waals surface area (Å²) in [6.45, 7) is 2.97. The van der Waals surface area contributed by atoms with Gasteiger partial charge in [-0.2, -0.15) is 0 Å². The second kappa shape index (κ2) is 7.27. The van der Waals surface area contributed by atoms with Crippen LogP contribution in [0.15, 0.2) is 42.7 Å². The van der Waals surface area contributed by atoms with E-state index in [1.807, 2.05) is 37.3 Å². The van der Waals surface area contributed by atoms with E-state index in [0.29, 0.717) is 13.1 Å². The normalized spacial score (nSPS) is 16.9. The fourth-order valence-corrected chi connectivity index (χ4v) is 4.46. The topological polar surface area (TPSA) is 75.2 Å². The molecule has 1 fully saturated rings. The van der Waals surface area contributed by atoms with E-state index in [1.165, 1.54) is 0 Å². The molecule has 24 heavy (non-hydrogen) atoms. The first-order valence-electron chi connectivity index (χ1n) is 8.10. The van der Waals surface area contributed by atoms with Crippen molar-refractivity contribution in [2.45, 2.75) is 31.6 Å². The highest BCUT2D eigenvalue weighted by Gasteiger charge is 2.28. The van der Waals surface area contributed by atoms with Crippen LogP contribution in [-0.4, -0.2) is 41.8 Å². The summed E-state index contributed by atoms with van der Waals surface area (Å²) >= 11 is 0. The van der Waals surface area contributed by atoms with Crippen LogP contribution < -0.4 is 5.32 Å². The fraction of sp³-hybridized carbons (Fsp3) is 0.412. The molecule has 1 aromatic carbocycles. The van der Waals surface area contributed by atoms with Gasteiger partial charge in [-0.25, -0.2) is 17.7 Å². The van der Waals surface area contributed by atoms with Crippen LogP contribution in [0, 0.1) is 6.92 Å². The lowest BCUT2D eigenvalue weighted by Gasteiger charge is -2.31. The summed E-state index contributed by atoms with van der Waals surface area (Å²) in [7, 11) is -3.26. The highest BCUT2D eigenvalue weighted by molar-refractivity contribution is 7.88. The molecular formula is C17H22N4O2S. The number of nitrogens with one attached hydrogen (secondary N) is 1. The van der Waals surface area contributed by atoms with Crippen molar-refractivity contribution in [1.82, 2.24) is 14.3 Å². The molecule has 1 aromatic heterocycles. The van der Waals surface area contributed by atoms with Crippen molar-refractivity contribution in [2.24, 2.45) is 0 Å². The molecular weight excluding hydrogens is 324 g/mol. The van der Waals surface area contributed by atoms with Crippen molar-refractivity contribution in [3.63, 3.8) is 0 Å². The molecule has 2 aromatic rings. The summed E-state index contributed by atoms with van der Waals surface area (Å²) in [5.41, 5.74) is 1.69. The van der Waals surface area contributed by atoms with E-state index in [9.17, 15) is 8.42 Å². The standard InChI is InChI=1S/C17H22N4O2S/c1-14-11-18-12-17(19-14)20-16-7-9-21(10-8-16)24(22,23)13-15-5-3-2-4-6-15/h2-6,11-12,16H,7-10,13H2,1H3,(H,19,20). The van der Waals surface area contributed by atoms with Gasteiger partial charge >= 0.3 is 0 Å². The molecule has 0 radical (unpaired) electrons. The van der Waals surface area contributed by atoms with Crippen LogP contribution in [-0.2, 0) is 15.8 Å². The summed E-state index contributed by atoms with van der Waals surface area (Å²) in [4.78, 5) is 8.50. The van der Waals surface area contributed by atoms with E-state index in [0.717, 1.165) is 29.9 Å². The highest BCUT2D eigenvalue weighted by Crippen LogP contribution is 2.19. The minimum Gasteiger partial charge on any atom is -0.366 e. The van der Waals surface area contributed by atoms with Gasteiger partial charge in [-0.15, -0.1) is 0 Å². The molecule has 0 spiro atoms. The van der Waals surface area contributed by atoms with Crippen LogP contribution in [0.5, 0.6) is 0 Å². The van der Waals surface area contributed by atoms with Gasteiger partial charge in [-0.1, -0.05) is 30.3 Å². The average Bonchev–Trinajstić information content (AvgIpc) is 2.56. The van der Waals surface area contributed by atoms with Gasteiger partial charge in [0.15, 0.2) is 0 Å². The summed E-state index contributed by atoms with van der Waals surface area (Å²) in [5, 5.41) is 3.35. The fourth-order valence-electron chi connectivity index (χ4n) is 2.90. The van der Waals surface area contributed by atoms with Gasteiger partial charge in [0.2, 0.25) is 10.0 Å². The Morgan fingerprint density at radius 3 is 2.54 bits per heavy atom. The monoisotopic (exact) mass is 346 g/mol. The van der Waals surface area contributed by atoms with Crippen LogP contribution in [0.25, 0.3) is 0 Å². The Bertz CT molecular complexity index is 772. The third kappa shape index (κ3) is 4.30. The smallest absolute Gasteiger partial charge is 0.218 e. The van der Waals surface area contributed by atoms with Crippen molar-refractivity contribution >= 4 is 15.8 Å². The van der Waals surface area contributed by atoms with Crippen molar-refractivity contribution in [3.8, 4) is 0 Å². The molecule has 1 N–H and O–H groups in total. The van der Waals surface area contributed by atoms with Crippen molar-refractivity contribution in [1.29, 1.82) is 0 Å². The maximum absolute atomic E-state index is 12.5. The Morgan fingerprint density at radius 2 is 1.88 bits per heavy atom. The number of sulfonamides is 1. The third-order valence-corrected chi connectivity index (χ3v) is 6.00. The predicted octanol–water partition coefficient (Wildman–Crippen LogP) is 2.19. The van der Waals surface area contributed by atoms with Gasteiger partial charge in [0, 0.05) is 25.3 Å². The predicted molar refractivity (Wildman–Crippen MR) is 94.1 cm³/mol. The van der Waals surface area contributed by atoms with Gasteiger partial charge in [0.25, 0.3) is 0 Å². The van der Waals surface area contributed by atoms with Gasteiger partial charge < -0.3 is 5.32 Å². The molecule has 3 rings (SSSR count). The van der Waals surface area contributed by atoms with Crippen LogP contribution in [0.1, 0.15) is 24.1 Å². The minimum atomic E-state index is -3.26. The molecule has 6 nitrogen and oxygen atoms in total. The zero-order valence-electron chi connectivity index (χ0n) is 13.7. The molecule has 0 aliphatic carbocycles. The van der Waals surface area contributed by atoms with Gasteiger partial charge in [0.1, 0.15) is 5.82 Å². The first-order valence-corrected chi connectivity index (χ1v) is 9.71. The van der Waals surface area contributed by atoms with Gasteiger partial charge in [-0.3, -0.25) is 4.98 Å². The van der Waals surface area contributed by atoms with Gasteiger partial charge in [0.05, 0.1) is 17.6 Å². The zero-order valence-corrected chi connectivity index (χ0v) is 14.5. The molecule has 0 saturated carbocycles. The maximum Gasteiger partial charge on any atom is 0.218 e. The number of benzene rings is 1. The molecule has 128 valence electrons. The summed E-state index contributed by atoms with van der Waals surface area (Å²) < 4.78 is 26.7. The van der Waals surface area contributed by atoms with E-state index in [-0.39, 0.29) is 11.8 Å². The molecule has 0 amide bonds. The summed E-state index contributed by atoms with van der Waals surface area (Å²) in [5.74, 6) is 0.815. The lowest BCUT2D eigenvalue weighted by molar-refractivity contribution is 0.329. The molecule has 1 aliphatic heterocycles. The zero-order chi connectivity index (χ0) is 17.0. The number of hydrogen-bond donors (Lipinski definition) is 1. The van der Waals surface area contributed by atoms with Crippen LogP contribution in [0.2, 0.25) is 0 Å². The number of aromatic nitrogens is 2. The molecule has 0 atom stereocenters. The van der Waals surface area contributed by atoms with Crippen molar-refractivity contribution in [3.05, 3.63) is 54.0 Å². The quantitative estimate of drug-likeness (QED) is 0.898. The molecule has 1 saturated heterocycles. The Morgan fingerprint density at radius 1 is 1.17 bits per heavy atom. The lowest BCUT2D eigenvalue weighted by Crippen LogP contribution is -2.42.